The number of ether oxygens (including phenoxy) is 3. The van der Waals surface area contributed by atoms with Gasteiger partial charge in [0.1, 0.15) is 17.2 Å². The molecular weight excluding hydrogens is 296 g/mol. The molecular formula is C18H18O5. The minimum absolute atomic E-state index is 0.394. The largest absolute Gasteiger partial charge is 0.497 e. The maximum absolute atomic E-state index is 10.6. The van der Waals surface area contributed by atoms with Gasteiger partial charge in [0.15, 0.2) is 6.61 Å². The fourth-order valence-corrected chi connectivity index (χ4v) is 1.94. The molecule has 0 aliphatic carbocycles. The molecule has 0 saturated carbocycles. The predicted octanol–water partition coefficient (Wildman–Crippen LogP) is 3.34. The molecule has 0 amide bonds. The Morgan fingerprint density at radius 2 is 1.52 bits per heavy atom. The number of rotatable bonds is 7. The molecule has 0 aliphatic rings. The first kappa shape index (κ1) is 16.4. The molecule has 1 N–H and O–H groups in total. The number of carbonyl (C=O) groups is 1. The zero-order valence-corrected chi connectivity index (χ0v) is 13.0. The highest BCUT2D eigenvalue weighted by molar-refractivity contribution is 5.71. The summed E-state index contributed by atoms with van der Waals surface area (Å²) < 4.78 is 15.5. The highest BCUT2D eigenvalue weighted by Gasteiger charge is 2.03. The van der Waals surface area contributed by atoms with Gasteiger partial charge in [0.2, 0.25) is 0 Å². The van der Waals surface area contributed by atoms with Gasteiger partial charge in [-0.15, -0.1) is 0 Å². The normalized spacial score (nSPS) is 10.5. The second-order valence-electron chi connectivity index (χ2n) is 4.73. The molecule has 120 valence electrons. The summed E-state index contributed by atoms with van der Waals surface area (Å²) in [7, 11) is 3.17. The molecule has 2 aromatic carbocycles. The summed E-state index contributed by atoms with van der Waals surface area (Å²) in [4.78, 5) is 10.6. The molecule has 5 heteroatoms. The summed E-state index contributed by atoms with van der Waals surface area (Å²) in [5.41, 5.74) is 1.86. The fraction of sp³-hybridized carbons (Fsp3) is 0.167. The lowest BCUT2D eigenvalue weighted by Gasteiger charge is -2.07. The lowest BCUT2D eigenvalue weighted by atomic mass is 10.1. The molecule has 0 fully saturated rings. The molecule has 0 aliphatic heterocycles. The van der Waals surface area contributed by atoms with E-state index in [9.17, 15) is 4.79 Å². The molecule has 5 nitrogen and oxygen atoms in total. The van der Waals surface area contributed by atoms with Crippen molar-refractivity contribution in [1.82, 2.24) is 0 Å². The lowest BCUT2D eigenvalue weighted by Crippen LogP contribution is -2.09. The van der Waals surface area contributed by atoms with Crippen LogP contribution in [-0.4, -0.2) is 31.9 Å². The van der Waals surface area contributed by atoms with E-state index >= 15 is 0 Å². The minimum atomic E-state index is -1.02. The molecule has 0 heterocycles. The molecule has 0 bridgehead atoms. The number of methoxy groups -OCH3 is 2. The smallest absolute Gasteiger partial charge is 0.341 e. The third-order valence-corrected chi connectivity index (χ3v) is 3.08. The van der Waals surface area contributed by atoms with Gasteiger partial charge < -0.3 is 19.3 Å². The maximum Gasteiger partial charge on any atom is 0.341 e. The number of carboxylic acids is 1. The van der Waals surface area contributed by atoms with Crippen LogP contribution < -0.4 is 14.2 Å². The monoisotopic (exact) mass is 314 g/mol. The van der Waals surface area contributed by atoms with Crippen LogP contribution in [0.2, 0.25) is 0 Å². The third-order valence-electron chi connectivity index (χ3n) is 3.08. The van der Waals surface area contributed by atoms with E-state index in [0.29, 0.717) is 11.5 Å². The maximum atomic E-state index is 10.6. The summed E-state index contributed by atoms with van der Waals surface area (Å²) >= 11 is 0. The first-order valence-electron chi connectivity index (χ1n) is 6.96. The average molecular weight is 314 g/mol. The van der Waals surface area contributed by atoms with Gasteiger partial charge in [-0.1, -0.05) is 24.3 Å². The lowest BCUT2D eigenvalue weighted by molar-refractivity contribution is -0.139. The van der Waals surface area contributed by atoms with Gasteiger partial charge >= 0.3 is 5.97 Å². The standard InChI is InChI=1S/C18H18O5/c1-21-15-7-5-13(6-8-15)3-4-14-9-16(22-2)11-17(10-14)23-12-18(19)20/h3-11H,12H2,1-2H3,(H,19,20)/b4-3+. The van der Waals surface area contributed by atoms with E-state index in [1.807, 2.05) is 42.5 Å². The Kier molecular flexibility index (Phi) is 5.63. The molecule has 0 atom stereocenters. The number of benzene rings is 2. The molecule has 2 aromatic rings. The summed E-state index contributed by atoms with van der Waals surface area (Å²) in [5, 5.41) is 8.68. The number of aliphatic carboxylic acids is 1. The van der Waals surface area contributed by atoms with Gasteiger partial charge in [-0.2, -0.15) is 0 Å². The van der Waals surface area contributed by atoms with Gasteiger partial charge in [-0.05, 0) is 35.4 Å². The topological polar surface area (TPSA) is 65.0 Å². The van der Waals surface area contributed by atoms with Gasteiger partial charge in [-0.25, -0.2) is 4.79 Å². The molecule has 0 radical (unpaired) electrons. The van der Waals surface area contributed by atoms with E-state index in [2.05, 4.69) is 0 Å². The fourth-order valence-electron chi connectivity index (χ4n) is 1.94. The Morgan fingerprint density at radius 1 is 0.913 bits per heavy atom. The highest BCUT2D eigenvalue weighted by atomic mass is 16.5. The molecule has 23 heavy (non-hydrogen) atoms. The van der Waals surface area contributed by atoms with Crippen LogP contribution in [0.25, 0.3) is 12.2 Å². The van der Waals surface area contributed by atoms with Crippen LogP contribution in [0.15, 0.2) is 42.5 Å². The van der Waals surface area contributed by atoms with E-state index in [1.165, 1.54) is 0 Å². The quantitative estimate of drug-likeness (QED) is 0.794. The number of hydrogen-bond acceptors (Lipinski definition) is 4. The Labute approximate surface area is 134 Å². The predicted molar refractivity (Wildman–Crippen MR) is 88.0 cm³/mol. The van der Waals surface area contributed by atoms with Crippen LogP contribution in [0.1, 0.15) is 11.1 Å². The van der Waals surface area contributed by atoms with Gasteiger partial charge in [-0.3, -0.25) is 0 Å². The SMILES string of the molecule is COc1ccc(/C=C/c2cc(OC)cc(OCC(=O)O)c2)cc1. The first-order chi connectivity index (χ1) is 11.1. The highest BCUT2D eigenvalue weighted by Crippen LogP contribution is 2.24. The van der Waals surface area contributed by atoms with Gasteiger partial charge in [0.05, 0.1) is 14.2 Å². The summed E-state index contributed by atoms with van der Waals surface area (Å²) in [6.07, 6.45) is 3.84. The van der Waals surface area contributed by atoms with E-state index in [-0.39, 0.29) is 0 Å². The van der Waals surface area contributed by atoms with Crippen molar-refractivity contribution in [3.05, 3.63) is 53.6 Å². The van der Waals surface area contributed by atoms with Crippen molar-refractivity contribution in [3.63, 3.8) is 0 Å². The van der Waals surface area contributed by atoms with Crippen LogP contribution >= 0.6 is 0 Å². The Morgan fingerprint density at radius 3 is 2.13 bits per heavy atom. The van der Waals surface area contributed by atoms with E-state index in [4.69, 9.17) is 19.3 Å². The van der Waals surface area contributed by atoms with Crippen LogP contribution in [0, 0.1) is 0 Å². The van der Waals surface area contributed by atoms with Crippen LogP contribution in [-0.2, 0) is 4.79 Å². The average Bonchev–Trinajstić information content (AvgIpc) is 2.58. The van der Waals surface area contributed by atoms with E-state index in [1.54, 1.807) is 26.4 Å². The van der Waals surface area contributed by atoms with Crippen molar-refractivity contribution < 1.29 is 24.1 Å². The van der Waals surface area contributed by atoms with Crippen molar-refractivity contribution in [2.75, 3.05) is 20.8 Å². The second kappa shape index (κ2) is 7.89. The van der Waals surface area contributed by atoms with Gasteiger partial charge in [0, 0.05) is 6.07 Å². The molecule has 0 spiro atoms. The van der Waals surface area contributed by atoms with Crippen molar-refractivity contribution in [1.29, 1.82) is 0 Å². The summed E-state index contributed by atoms with van der Waals surface area (Å²) in [6, 6.07) is 12.9. The van der Waals surface area contributed by atoms with Crippen molar-refractivity contribution in [3.8, 4) is 17.2 Å². The zero-order valence-electron chi connectivity index (χ0n) is 13.0. The minimum Gasteiger partial charge on any atom is -0.497 e. The van der Waals surface area contributed by atoms with Crippen LogP contribution in [0.4, 0.5) is 0 Å². The molecule has 0 aromatic heterocycles. The van der Waals surface area contributed by atoms with Crippen molar-refractivity contribution in [2.24, 2.45) is 0 Å². The summed E-state index contributed by atoms with van der Waals surface area (Å²) in [6.45, 7) is -0.394. The molecule has 0 saturated heterocycles. The van der Waals surface area contributed by atoms with Gasteiger partial charge in [0.25, 0.3) is 0 Å². The molecule has 0 unspecified atom stereocenters. The van der Waals surface area contributed by atoms with Crippen molar-refractivity contribution in [2.45, 2.75) is 0 Å². The van der Waals surface area contributed by atoms with Crippen LogP contribution in [0.3, 0.4) is 0 Å². The molecule has 2 rings (SSSR count). The zero-order chi connectivity index (χ0) is 16.7. The number of hydrogen-bond donors (Lipinski definition) is 1. The Hall–Kier alpha value is -2.95. The Bertz CT molecular complexity index is 689. The van der Waals surface area contributed by atoms with E-state index < -0.39 is 12.6 Å². The summed E-state index contributed by atoms with van der Waals surface area (Å²) in [5.74, 6) is 0.819. The Balaban J connectivity index is 2.18. The van der Waals surface area contributed by atoms with Crippen molar-refractivity contribution >= 4 is 18.1 Å². The second-order valence-corrected chi connectivity index (χ2v) is 4.73. The van der Waals surface area contributed by atoms with E-state index in [0.717, 1.165) is 16.9 Å². The first-order valence-corrected chi connectivity index (χ1v) is 6.96. The van der Waals surface area contributed by atoms with Crippen LogP contribution in [0.5, 0.6) is 17.2 Å². The number of carboxylic acid groups (broad SMARTS) is 1. The third kappa shape index (κ3) is 5.07.